The number of nitrogen functional groups attached to an aromatic ring is 1. The van der Waals surface area contributed by atoms with Crippen molar-refractivity contribution in [1.82, 2.24) is 4.72 Å². The Morgan fingerprint density at radius 3 is 2.62 bits per heavy atom. The highest BCUT2D eigenvalue weighted by Gasteiger charge is 2.20. The molecule has 0 aliphatic heterocycles. The van der Waals surface area contributed by atoms with Crippen LogP contribution in [-0.4, -0.2) is 41.2 Å². The Hall–Kier alpha value is -1.84. The number of methoxy groups -OCH3 is 1. The van der Waals surface area contributed by atoms with Crippen LogP contribution in [0.5, 0.6) is 5.75 Å². The molecule has 1 amide bonds. The third-order valence-corrected chi connectivity index (χ3v) is 4.11. The van der Waals surface area contributed by atoms with E-state index in [-0.39, 0.29) is 30.4 Å². The molecule has 21 heavy (non-hydrogen) atoms. The highest BCUT2D eigenvalue weighted by Crippen LogP contribution is 2.28. The molecule has 118 valence electrons. The number of sulfonamides is 1. The van der Waals surface area contributed by atoms with Gasteiger partial charge in [0, 0.05) is 12.2 Å². The van der Waals surface area contributed by atoms with E-state index in [9.17, 15) is 13.2 Å². The predicted octanol–water partition coefficient (Wildman–Crippen LogP) is -0.634. The Morgan fingerprint density at radius 1 is 1.38 bits per heavy atom. The van der Waals surface area contributed by atoms with E-state index < -0.39 is 15.9 Å². The first-order valence-electron chi connectivity index (χ1n) is 6.07. The Balaban J connectivity index is 2.78. The van der Waals surface area contributed by atoms with Crippen LogP contribution in [0.25, 0.3) is 0 Å². The van der Waals surface area contributed by atoms with Crippen molar-refractivity contribution in [2.24, 2.45) is 5.73 Å². The molecule has 1 aromatic carbocycles. The monoisotopic (exact) mass is 317 g/mol. The molecule has 0 saturated carbocycles. The normalized spacial score (nSPS) is 11.3. The lowest BCUT2D eigenvalue weighted by Crippen LogP contribution is -2.29. The minimum Gasteiger partial charge on any atom is -0.495 e. The lowest BCUT2D eigenvalue weighted by molar-refractivity contribution is -0.122. The third-order valence-electron chi connectivity index (χ3n) is 2.62. The molecular weight excluding hydrogens is 298 g/mol. The van der Waals surface area contributed by atoms with Gasteiger partial charge in [-0.1, -0.05) is 0 Å². The van der Waals surface area contributed by atoms with Gasteiger partial charge >= 0.3 is 0 Å². The number of ether oxygens (including phenoxy) is 2. The van der Waals surface area contributed by atoms with Crippen LogP contribution < -0.4 is 20.9 Å². The van der Waals surface area contributed by atoms with Gasteiger partial charge in [0.1, 0.15) is 17.3 Å². The molecule has 0 bridgehead atoms. The summed E-state index contributed by atoms with van der Waals surface area (Å²) in [6, 6.07) is 2.88. The molecular formula is C12H19N3O5S. The summed E-state index contributed by atoms with van der Waals surface area (Å²) in [5.74, 6) is -0.418. The molecule has 9 heteroatoms. The molecule has 0 heterocycles. The molecule has 0 atom stereocenters. The van der Waals surface area contributed by atoms with Crippen molar-refractivity contribution in [2.75, 3.05) is 32.6 Å². The van der Waals surface area contributed by atoms with E-state index in [4.69, 9.17) is 20.9 Å². The average Bonchev–Trinajstić information content (AvgIpc) is 2.40. The van der Waals surface area contributed by atoms with Crippen LogP contribution in [0.3, 0.4) is 0 Å². The zero-order valence-corrected chi connectivity index (χ0v) is 12.7. The van der Waals surface area contributed by atoms with Crippen LogP contribution in [0, 0.1) is 6.92 Å². The van der Waals surface area contributed by atoms with E-state index in [2.05, 4.69) is 4.72 Å². The topological polar surface area (TPSA) is 134 Å². The molecule has 0 aliphatic carbocycles. The summed E-state index contributed by atoms with van der Waals surface area (Å²) in [6.07, 6.45) is 0. The van der Waals surface area contributed by atoms with Gasteiger partial charge in [-0.05, 0) is 24.6 Å². The maximum absolute atomic E-state index is 12.2. The first-order valence-corrected chi connectivity index (χ1v) is 7.56. The third kappa shape index (κ3) is 4.88. The van der Waals surface area contributed by atoms with E-state index in [0.29, 0.717) is 5.69 Å². The van der Waals surface area contributed by atoms with Crippen molar-refractivity contribution in [3.05, 3.63) is 17.7 Å². The molecule has 0 radical (unpaired) electrons. The van der Waals surface area contributed by atoms with Crippen molar-refractivity contribution >= 4 is 21.6 Å². The van der Waals surface area contributed by atoms with E-state index in [1.807, 2.05) is 0 Å². The molecule has 0 unspecified atom stereocenters. The van der Waals surface area contributed by atoms with Gasteiger partial charge in [-0.15, -0.1) is 0 Å². The zero-order chi connectivity index (χ0) is 16.0. The summed E-state index contributed by atoms with van der Waals surface area (Å²) >= 11 is 0. The SMILES string of the molecule is COc1cc(C)c(N)cc1S(=O)(=O)NCCOCC(N)=O. The molecule has 0 aromatic heterocycles. The maximum Gasteiger partial charge on any atom is 0.244 e. The number of anilines is 1. The first-order chi connectivity index (χ1) is 9.77. The largest absolute Gasteiger partial charge is 0.495 e. The number of amides is 1. The summed E-state index contributed by atoms with van der Waals surface area (Å²) in [5.41, 5.74) is 11.7. The second kappa shape index (κ2) is 7.25. The fraction of sp³-hybridized carbons (Fsp3) is 0.417. The van der Waals surface area contributed by atoms with Crippen molar-refractivity contribution in [3.63, 3.8) is 0 Å². The minimum atomic E-state index is -3.79. The number of carbonyl (C=O) groups excluding carboxylic acids is 1. The average molecular weight is 317 g/mol. The number of nitrogens with one attached hydrogen (secondary N) is 1. The van der Waals surface area contributed by atoms with Gasteiger partial charge < -0.3 is 20.9 Å². The summed E-state index contributed by atoms with van der Waals surface area (Å²) in [6.45, 7) is 1.50. The van der Waals surface area contributed by atoms with Crippen molar-refractivity contribution in [1.29, 1.82) is 0 Å². The van der Waals surface area contributed by atoms with Crippen molar-refractivity contribution in [3.8, 4) is 5.75 Å². The number of primary amides is 1. The summed E-state index contributed by atoms with van der Waals surface area (Å²) in [4.78, 5) is 10.4. The Bertz CT molecular complexity index is 616. The molecule has 5 N–H and O–H groups in total. The highest BCUT2D eigenvalue weighted by molar-refractivity contribution is 7.89. The summed E-state index contributed by atoms with van der Waals surface area (Å²) in [7, 11) is -2.42. The van der Waals surface area contributed by atoms with Crippen LogP contribution in [0.15, 0.2) is 17.0 Å². The van der Waals surface area contributed by atoms with Gasteiger partial charge in [-0.25, -0.2) is 13.1 Å². The fourth-order valence-electron chi connectivity index (χ4n) is 1.55. The highest BCUT2D eigenvalue weighted by atomic mass is 32.2. The van der Waals surface area contributed by atoms with E-state index in [1.165, 1.54) is 13.2 Å². The Kier molecular flexibility index (Phi) is 5.94. The number of carbonyl (C=O) groups is 1. The Morgan fingerprint density at radius 2 is 2.05 bits per heavy atom. The predicted molar refractivity (Wildman–Crippen MR) is 77.3 cm³/mol. The molecule has 1 aromatic rings. The molecule has 0 aliphatic rings. The van der Waals surface area contributed by atoms with Gasteiger partial charge in [0.25, 0.3) is 0 Å². The van der Waals surface area contributed by atoms with Crippen molar-refractivity contribution < 1.29 is 22.7 Å². The van der Waals surface area contributed by atoms with Gasteiger partial charge in [-0.2, -0.15) is 0 Å². The van der Waals surface area contributed by atoms with Gasteiger partial charge in [0.05, 0.1) is 13.7 Å². The maximum atomic E-state index is 12.2. The van der Waals surface area contributed by atoms with Crippen LogP contribution in [0.1, 0.15) is 5.56 Å². The number of hydrogen-bond acceptors (Lipinski definition) is 6. The van der Waals surface area contributed by atoms with Gasteiger partial charge in [0.15, 0.2) is 0 Å². The summed E-state index contributed by atoms with van der Waals surface area (Å²) < 4.78 is 36.6. The fourth-order valence-corrected chi connectivity index (χ4v) is 2.74. The van der Waals surface area contributed by atoms with Gasteiger partial charge in [-0.3, -0.25) is 4.79 Å². The standard InChI is InChI=1S/C12H19N3O5S/c1-8-5-10(19-2)11(6-9(8)13)21(17,18)15-3-4-20-7-12(14)16/h5-6,15H,3-4,7,13H2,1-2H3,(H2,14,16). The summed E-state index contributed by atoms with van der Waals surface area (Å²) in [5, 5.41) is 0. The van der Waals surface area contributed by atoms with Gasteiger partial charge in [0.2, 0.25) is 15.9 Å². The van der Waals surface area contributed by atoms with E-state index >= 15 is 0 Å². The van der Waals surface area contributed by atoms with E-state index in [1.54, 1.807) is 13.0 Å². The minimum absolute atomic E-state index is 0.00739. The first kappa shape index (κ1) is 17.2. The number of aryl methyl sites for hydroxylation is 1. The second-order valence-electron chi connectivity index (χ2n) is 4.28. The zero-order valence-electron chi connectivity index (χ0n) is 11.9. The molecule has 0 fully saturated rings. The lowest BCUT2D eigenvalue weighted by Gasteiger charge is -2.13. The lowest BCUT2D eigenvalue weighted by atomic mass is 10.2. The number of benzene rings is 1. The Labute approximate surface area is 123 Å². The number of rotatable bonds is 8. The quantitative estimate of drug-likeness (QED) is 0.431. The number of hydrogen-bond donors (Lipinski definition) is 3. The van der Waals surface area contributed by atoms with Crippen LogP contribution >= 0.6 is 0 Å². The van der Waals surface area contributed by atoms with Crippen LogP contribution in [0.4, 0.5) is 5.69 Å². The molecule has 1 rings (SSSR count). The smallest absolute Gasteiger partial charge is 0.244 e. The number of nitrogens with two attached hydrogens (primary N) is 2. The molecule has 0 saturated heterocycles. The van der Waals surface area contributed by atoms with Crippen LogP contribution in [-0.2, 0) is 19.6 Å². The second-order valence-corrected chi connectivity index (χ2v) is 6.01. The van der Waals surface area contributed by atoms with Crippen LogP contribution in [0.2, 0.25) is 0 Å². The molecule has 8 nitrogen and oxygen atoms in total. The molecule has 0 spiro atoms. The van der Waals surface area contributed by atoms with E-state index in [0.717, 1.165) is 5.56 Å². The van der Waals surface area contributed by atoms with Crippen molar-refractivity contribution in [2.45, 2.75) is 11.8 Å².